The number of hydrogen-bond donors (Lipinski definition) is 0. The average Bonchev–Trinajstić information content (AvgIpc) is 2.97. The molecule has 1 aromatic heterocycles. The van der Waals surface area contributed by atoms with Crippen LogP contribution in [0, 0.1) is 23.2 Å². The van der Waals surface area contributed by atoms with Crippen LogP contribution in [0.1, 0.15) is 18.4 Å². The molecule has 110 valence electrons. The Labute approximate surface area is 134 Å². The summed E-state index contributed by atoms with van der Waals surface area (Å²) in [6.45, 7) is 2.02. The first-order chi connectivity index (χ1) is 10.8. The third-order valence-corrected chi connectivity index (χ3v) is 5.09. The highest BCUT2D eigenvalue weighted by Crippen LogP contribution is 2.39. The van der Waals surface area contributed by atoms with Gasteiger partial charge in [-0.1, -0.05) is 23.8 Å². The molecule has 0 spiro atoms. The van der Waals surface area contributed by atoms with Crippen molar-refractivity contribution in [2.75, 3.05) is 18.0 Å². The first-order valence-electron chi connectivity index (χ1n) is 7.64. The van der Waals surface area contributed by atoms with E-state index >= 15 is 0 Å². The Morgan fingerprint density at radius 3 is 2.59 bits per heavy atom. The van der Waals surface area contributed by atoms with Crippen LogP contribution in [-0.2, 0) is 0 Å². The normalized spacial score (nSPS) is 23.5. The van der Waals surface area contributed by atoms with Gasteiger partial charge in [0.1, 0.15) is 6.07 Å². The van der Waals surface area contributed by atoms with E-state index in [0.717, 1.165) is 42.5 Å². The van der Waals surface area contributed by atoms with E-state index in [1.807, 2.05) is 18.2 Å². The molecule has 2 atom stereocenters. The Morgan fingerprint density at radius 1 is 1.18 bits per heavy atom. The molecule has 0 bridgehead atoms. The van der Waals surface area contributed by atoms with E-state index in [-0.39, 0.29) is 0 Å². The number of aromatic nitrogens is 1. The van der Waals surface area contributed by atoms with Gasteiger partial charge in [-0.15, -0.1) is 0 Å². The fraction of sp³-hybridized carbons (Fsp3) is 0.333. The SMILES string of the molecule is N#Cc1cnc2ccc(Cl)cc2c1N1CC2CC=CCC2C1. The quantitative estimate of drug-likeness (QED) is 0.743. The number of hydrogen-bond acceptors (Lipinski definition) is 3. The summed E-state index contributed by atoms with van der Waals surface area (Å²) in [6, 6.07) is 8.00. The largest absolute Gasteiger partial charge is 0.369 e. The van der Waals surface area contributed by atoms with Crippen LogP contribution in [0.5, 0.6) is 0 Å². The monoisotopic (exact) mass is 309 g/mol. The summed E-state index contributed by atoms with van der Waals surface area (Å²) in [7, 11) is 0. The minimum absolute atomic E-state index is 0.640. The number of nitriles is 1. The third-order valence-electron chi connectivity index (χ3n) is 4.86. The molecular weight excluding hydrogens is 294 g/mol. The summed E-state index contributed by atoms with van der Waals surface area (Å²) in [6.07, 6.45) is 8.56. The molecule has 1 fully saturated rings. The van der Waals surface area contributed by atoms with Gasteiger partial charge in [0.15, 0.2) is 0 Å². The molecule has 2 aromatic rings. The van der Waals surface area contributed by atoms with Crippen LogP contribution in [0.4, 0.5) is 5.69 Å². The molecular formula is C18H16ClN3. The molecule has 0 radical (unpaired) electrons. The van der Waals surface area contributed by atoms with Gasteiger partial charge in [0.2, 0.25) is 0 Å². The number of benzene rings is 1. The lowest BCUT2D eigenvalue weighted by molar-refractivity contribution is 0.411. The van der Waals surface area contributed by atoms with Crippen molar-refractivity contribution in [1.29, 1.82) is 5.26 Å². The van der Waals surface area contributed by atoms with Crippen molar-refractivity contribution < 1.29 is 0 Å². The van der Waals surface area contributed by atoms with E-state index in [2.05, 4.69) is 28.1 Å². The Bertz CT molecular complexity index is 790. The summed E-state index contributed by atoms with van der Waals surface area (Å²) >= 11 is 6.18. The summed E-state index contributed by atoms with van der Waals surface area (Å²) in [4.78, 5) is 6.76. The first-order valence-corrected chi connectivity index (χ1v) is 8.02. The van der Waals surface area contributed by atoms with Gasteiger partial charge in [-0.05, 0) is 42.9 Å². The number of fused-ring (bicyclic) bond motifs is 2. The van der Waals surface area contributed by atoms with Gasteiger partial charge in [0.05, 0.1) is 16.8 Å². The standard InChI is InChI=1S/C18H16ClN3/c19-15-5-6-17-16(7-15)18(14(8-20)9-21-17)22-10-12-3-1-2-4-13(12)11-22/h1-2,5-7,9,12-13H,3-4,10-11H2. The molecule has 0 N–H and O–H groups in total. The average molecular weight is 310 g/mol. The van der Waals surface area contributed by atoms with Crippen molar-refractivity contribution in [1.82, 2.24) is 4.98 Å². The fourth-order valence-electron chi connectivity index (χ4n) is 3.77. The van der Waals surface area contributed by atoms with Crippen LogP contribution in [0.3, 0.4) is 0 Å². The number of anilines is 1. The van der Waals surface area contributed by atoms with Crippen molar-refractivity contribution >= 4 is 28.2 Å². The van der Waals surface area contributed by atoms with Crippen LogP contribution in [-0.4, -0.2) is 18.1 Å². The van der Waals surface area contributed by atoms with Gasteiger partial charge >= 0.3 is 0 Å². The highest BCUT2D eigenvalue weighted by Gasteiger charge is 2.34. The summed E-state index contributed by atoms with van der Waals surface area (Å²) in [5, 5.41) is 11.2. The molecule has 1 aliphatic carbocycles. The van der Waals surface area contributed by atoms with E-state index in [1.165, 1.54) is 0 Å². The van der Waals surface area contributed by atoms with Crippen LogP contribution >= 0.6 is 11.6 Å². The summed E-state index contributed by atoms with van der Waals surface area (Å²) < 4.78 is 0. The van der Waals surface area contributed by atoms with Gasteiger partial charge in [0.25, 0.3) is 0 Å². The minimum atomic E-state index is 0.640. The number of pyridine rings is 1. The Balaban J connectivity index is 1.83. The van der Waals surface area contributed by atoms with Gasteiger partial charge < -0.3 is 4.90 Å². The highest BCUT2D eigenvalue weighted by molar-refractivity contribution is 6.31. The Morgan fingerprint density at radius 2 is 1.91 bits per heavy atom. The van der Waals surface area contributed by atoms with Crippen LogP contribution in [0.25, 0.3) is 10.9 Å². The minimum Gasteiger partial charge on any atom is -0.369 e. The van der Waals surface area contributed by atoms with Crippen molar-refractivity contribution in [2.24, 2.45) is 11.8 Å². The molecule has 0 amide bonds. The third kappa shape index (κ3) is 2.15. The molecule has 4 heteroatoms. The van der Waals surface area contributed by atoms with Gasteiger partial charge in [0, 0.05) is 29.7 Å². The zero-order valence-corrected chi connectivity index (χ0v) is 12.9. The number of rotatable bonds is 1. The number of halogens is 1. The molecule has 1 saturated heterocycles. The molecule has 2 heterocycles. The Hall–Kier alpha value is -2.05. The lowest BCUT2D eigenvalue weighted by atomic mass is 9.86. The van der Waals surface area contributed by atoms with Crippen molar-refractivity contribution in [2.45, 2.75) is 12.8 Å². The zero-order valence-electron chi connectivity index (χ0n) is 12.2. The van der Waals surface area contributed by atoms with Crippen molar-refractivity contribution in [3.8, 4) is 6.07 Å². The number of allylic oxidation sites excluding steroid dienone is 2. The van der Waals surface area contributed by atoms with Crippen LogP contribution in [0.15, 0.2) is 36.5 Å². The Kier molecular flexibility index (Phi) is 3.28. The lowest BCUT2D eigenvalue weighted by Gasteiger charge is -2.22. The predicted molar refractivity (Wildman–Crippen MR) is 89.0 cm³/mol. The van der Waals surface area contributed by atoms with E-state index in [9.17, 15) is 5.26 Å². The summed E-state index contributed by atoms with van der Waals surface area (Å²) in [5.74, 6) is 1.39. The van der Waals surface area contributed by atoms with Crippen molar-refractivity contribution in [3.63, 3.8) is 0 Å². The molecule has 22 heavy (non-hydrogen) atoms. The van der Waals surface area contributed by atoms with Gasteiger partial charge in [-0.2, -0.15) is 5.26 Å². The van der Waals surface area contributed by atoms with Gasteiger partial charge in [-0.25, -0.2) is 0 Å². The fourth-order valence-corrected chi connectivity index (χ4v) is 3.94. The molecule has 1 aliphatic heterocycles. The molecule has 2 unspecified atom stereocenters. The molecule has 1 aromatic carbocycles. The maximum Gasteiger partial charge on any atom is 0.103 e. The second kappa shape index (κ2) is 5.30. The summed E-state index contributed by atoms with van der Waals surface area (Å²) in [5.41, 5.74) is 2.54. The van der Waals surface area contributed by atoms with Gasteiger partial charge in [-0.3, -0.25) is 4.98 Å². The van der Waals surface area contributed by atoms with Crippen molar-refractivity contribution in [3.05, 3.63) is 47.1 Å². The highest BCUT2D eigenvalue weighted by atomic mass is 35.5. The topological polar surface area (TPSA) is 39.9 Å². The van der Waals surface area contributed by atoms with E-state index < -0.39 is 0 Å². The maximum atomic E-state index is 9.50. The maximum absolute atomic E-state index is 9.50. The molecule has 2 aliphatic rings. The molecule has 3 nitrogen and oxygen atoms in total. The number of nitrogens with zero attached hydrogens (tertiary/aromatic N) is 3. The lowest BCUT2D eigenvalue weighted by Crippen LogP contribution is -2.21. The van der Waals surface area contributed by atoms with Crippen LogP contribution < -0.4 is 4.90 Å². The smallest absolute Gasteiger partial charge is 0.103 e. The predicted octanol–water partition coefficient (Wildman–Crippen LogP) is 4.16. The second-order valence-electron chi connectivity index (χ2n) is 6.16. The van der Waals surface area contributed by atoms with E-state index in [4.69, 9.17) is 11.6 Å². The van der Waals surface area contributed by atoms with Crippen LogP contribution in [0.2, 0.25) is 5.02 Å². The van der Waals surface area contributed by atoms with E-state index in [1.54, 1.807) is 6.20 Å². The second-order valence-corrected chi connectivity index (χ2v) is 6.60. The van der Waals surface area contributed by atoms with E-state index in [0.29, 0.717) is 22.4 Å². The first kappa shape index (κ1) is 13.6. The zero-order chi connectivity index (χ0) is 15.1. The molecule has 4 rings (SSSR count). The molecule has 0 saturated carbocycles.